The van der Waals surface area contributed by atoms with Crippen LogP contribution in [0.15, 0.2) is 50.4 Å². The monoisotopic (exact) mass is 448 g/mol. The summed E-state index contributed by atoms with van der Waals surface area (Å²) in [6, 6.07) is 9.66. The van der Waals surface area contributed by atoms with E-state index in [1.807, 2.05) is 38.1 Å². The Bertz CT molecular complexity index is 1140. The normalized spacial score (nSPS) is 18.5. The molecule has 1 fully saturated rings. The molecule has 0 bridgehead atoms. The summed E-state index contributed by atoms with van der Waals surface area (Å²) in [5, 5.41) is 5.53. The summed E-state index contributed by atoms with van der Waals surface area (Å²) in [4.78, 5) is 13.0. The fourth-order valence-electron chi connectivity index (χ4n) is 3.74. The first-order valence-electron chi connectivity index (χ1n) is 9.92. The number of amides is 1. The van der Waals surface area contributed by atoms with E-state index in [0.29, 0.717) is 43.1 Å². The largest absolute Gasteiger partial charge is 0.490 e. The van der Waals surface area contributed by atoms with Crippen LogP contribution in [0, 0.1) is 0 Å². The Morgan fingerprint density at radius 2 is 2.20 bits per heavy atom. The predicted molar refractivity (Wildman–Crippen MR) is 115 cm³/mol. The third kappa shape index (κ3) is 3.84. The molecule has 0 spiro atoms. The van der Waals surface area contributed by atoms with Crippen LogP contribution in [0.2, 0.25) is 0 Å². The zero-order chi connectivity index (χ0) is 21.3. The molecule has 1 N–H and O–H groups in total. The molecule has 7 nitrogen and oxygen atoms in total. The maximum absolute atomic E-state index is 13.0. The number of sulfonamides is 1. The number of para-hydroxylation sites is 1. The second-order valence-electron chi connectivity index (χ2n) is 7.19. The topological polar surface area (TPSA) is 88.9 Å². The number of carbonyl (C=O) groups excluding carboxylic acids is 1. The van der Waals surface area contributed by atoms with Crippen LogP contribution in [0.1, 0.15) is 38.5 Å². The van der Waals surface area contributed by atoms with E-state index in [-0.39, 0.29) is 10.1 Å². The molecule has 3 aromatic rings. The maximum Gasteiger partial charge on any atom is 0.253 e. The molecule has 1 aliphatic rings. The Hall–Kier alpha value is -2.36. The van der Waals surface area contributed by atoms with Crippen molar-refractivity contribution in [2.24, 2.45) is 0 Å². The van der Waals surface area contributed by atoms with E-state index in [9.17, 15) is 13.2 Å². The van der Waals surface area contributed by atoms with Crippen LogP contribution in [0.4, 0.5) is 0 Å². The first-order valence-corrected chi connectivity index (χ1v) is 12.2. The highest BCUT2D eigenvalue weighted by atomic mass is 32.2. The lowest BCUT2D eigenvalue weighted by molar-refractivity contribution is -0.125. The Balaban J connectivity index is 1.52. The highest BCUT2D eigenvalue weighted by Crippen LogP contribution is 2.32. The van der Waals surface area contributed by atoms with Gasteiger partial charge in [0.25, 0.3) is 10.0 Å². The molecule has 160 valence electrons. The first-order chi connectivity index (χ1) is 14.4. The van der Waals surface area contributed by atoms with Gasteiger partial charge in [-0.3, -0.25) is 4.79 Å². The Labute approximate surface area is 179 Å². The second kappa shape index (κ2) is 8.41. The lowest BCUT2D eigenvalue weighted by Crippen LogP contribution is -2.46. The zero-order valence-corrected chi connectivity index (χ0v) is 18.5. The van der Waals surface area contributed by atoms with Gasteiger partial charge in [0, 0.05) is 11.9 Å². The van der Waals surface area contributed by atoms with Crippen molar-refractivity contribution in [3.8, 4) is 5.75 Å². The maximum atomic E-state index is 13.0. The summed E-state index contributed by atoms with van der Waals surface area (Å²) in [6.45, 7) is 4.60. The summed E-state index contributed by atoms with van der Waals surface area (Å²) >= 11 is 1.16. The van der Waals surface area contributed by atoms with Crippen LogP contribution in [-0.4, -0.2) is 37.8 Å². The van der Waals surface area contributed by atoms with Gasteiger partial charge in [-0.2, -0.15) is 4.31 Å². The van der Waals surface area contributed by atoms with Crippen molar-refractivity contribution >= 4 is 38.2 Å². The zero-order valence-electron chi connectivity index (χ0n) is 16.8. The molecule has 1 saturated heterocycles. The van der Waals surface area contributed by atoms with E-state index >= 15 is 0 Å². The van der Waals surface area contributed by atoms with Gasteiger partial charge in [-0.15, -0.1) is 11.3 Å². The van der Waals surface area contributed by atoms with Crippen molar-refractivity contribution in [3.05, 3.63) is 47.5 Å². The molecule has 2 atom stereocenters. The molecular weight excluding hydrogens is 424 g/mol. The van der Waals surface area contributed by atoms with Crippen LogP contribution in [0.3, 0.4) is 0 Å². The summed E-state index contributed by atoms with van der Waals surface area (Å²) in [5.41, 5.74) is 0.637. The minimum atomic E-state index is -3.67. The molecule has 3 heterocycles. The Kier molecular flexibility index (Phi) is 5.86. The van der Waals surface area contributed by atoms with E-state index in [4.69, 9.17) is 9.15 Å². The molecule has 0 aliphatic carbocycles. The fourth-order valence-corrected chi connectivity index (χ4v) is 6.51. The van der Waals surface area contributed by atoms with Gasteiger partial charge in [0.05, 0.1) is 12.6 Å². The number of carbonyl (C=O) groups is 1. The number of ether oxygens (including phenoxy) is 1. The predicted octanol–water partition coefficient (Wildman–Crippen LogP) is 3.92. The third-order valence-corrected chi connectivity index (χ3v) is 8.46. The highest BCUT2D eigenvalue weighted by Gasteiger charge is 2.40. The average Bonchev–Trinajstić information content (AvgIpc) is 3.48. The van der Waals surface area contributed by atoms with Gasteiger partial charge in [0.1, 0.15) is 16.0 Å². The summed E-state index contributed by atoms with van der Waals surface area (Å²) in [5.74, 6) is 0.936. The van der Waals surface area contributed by atoms with Gasteiger partial charge < -0.3 is 14.5 Å². The number of rotatable bonds is 7. The summed E-state index contributed by atoms with van der Waals surface area (Å²) < 4.78 is 39.0. The van der Waals surface area contributed by atoms with Crippen LogP contribution in [0.25, 0.3) is 11.0 Å². The third-order valence-electron chi connectivity index (χ3n) is 5.18. The van der Waals surface area contributed by atoms with E-state index in [1.165, 1.54) is 4.31 Å². The molecule has 2 aromatic heterocycles. The fraction of sp³-hybridized carbons (Fsp3) is 0.381. The lowest BCUT2D eigenvalue weighted by Gasteiger charge is -2.24. The molecule has 1 amide bonds. The number of benzene rings is 1. The van der Waals surface area contributed by atoms with Gasteiger partial charge >= 0.3 is 0 Å². The number of hydrogen-bond acceptors (Lipinski definition) is 6. The molecule has 0 radical (unpaired) electrons. The molecule has 1 aliphatic heterocycles. The van der Waals surface area contributed by atoms with Crippen molar-refractivity contribution in [2.45, 2.75) is 43.0 Å². The second-order valence-corrected chi connectivity index (χ2v) is 10.3. The van der Waals surface area contributed by atoms with Gasteiger partial charge in [-0.1, -0.05) is 18.2 Å². The van der Waals surface area contributed by atoms with Gasteiger partial charge in [0.2, 0.25) is 5.91 Å². The molecule has 4 rings (SSSR count). The number of furan rings is 1. The van der Waals surface area contributed by atoms with Crippen molar-refractivity contribution in [1.29, 1.82) is 0 Å². The van der Waals surface area contributed by atoms with Gasteiger partial charge in [-0.05, 0) is 50.3 Å². The Morgan fingerprint density at radius 1 is 1.37 bits per heavy atom. The number of fused-ring (bicyclic) bond motifs is 1. The Morgan fingerprint density at radius 3 is 2.93 bits per heavy atom. The molecule has 30 heavy (non-hydrogen) atoms. The molecular formula is C21H24N2O5S2. The number of nitrogens with one attached hydrogen (secondary N) is 1. The summed E-state index contributed by atoms with van der Waals surface area (Å²) in [7, 11) is -3.67. The number of thiophene rings is 1. The lowest BCUT2D eigenvalue weighted by atomic mass is 10.1. The minimum absolute atomic E-state index is 0.260. The molecule has 9 heteroatoms. The summed E-state index contributed by atoms with van der Waals surface area (Å²) in [6.07, 6.45) is 1.15. The van der Waals surface area contributed by atoms with Gasteiger partial charge in [-0.25, -0.2) is 8.42 Å². The SMILES string of the molecule is CCOc1cccc2cc(C(C)NC(=O)C3CCCN3S(=O)(=O)c3cccs3)oc12. The van der Waals surface area contributed by atoms with E-state index in [1.54, 1.807) is 17.5 Å². The standard InChI is InChI=1S/C21H24N2O5S2/c1-3-27-17-9-4-7-15-13-18(28-20(15)17)14(2)22-21(24)16-8-5-11-23(16)30(25,26)19-10-6-12-29-19/h4,6-7,9-10,12-14,16H,3,5,8,11H2,1-2H3,(H,22,24). The van der Waals surface area contributed by atoms with Crippen LogP contribution < -0.4 is 10.1 Å². The molecule has 2 unspecified atom stereocenters. The first kappa shape index (κ1) is 20.9. The number of nitrogens with zero attached hydrogens (tertiary/aromatic N) is 1. The van der Waals surface area contributed by atoms with Crippen LogP contribution in [-0.2, 0) is 14.8 Å². The highest BCUT2D eigenvalue weighted by molar-refractivity contribution is 7.91. The van der Waals surface area contributed by atoms with Crippen molar-refractivity contribution < 1.29 is 22.4 Å². The van der Waals surface area contributed by atoms with E-state index in [0.717, 1.165) is 16.7 Å². The van der Waals surface area contributed by atoms with Crippen LogP contribution in [0.5, 0.6) is 5.75 Å². The number of hydrogen-bond donors (Lipinski definition) is 1. The van der Waals surface area contributed by atoms with Crippen LogP contribution >= 0.6 is 11.3 Å². The van der Waals surface area contributed by atoms with Crippen molar-refractivity contribution in [2.75, 3.05) is 13.2 Å². The molecule has 0 saturated carbocycles. The van der Waals surface area contributed by atoms with Crippen molar-refractivity contribution in [3.63, 3.8) is 0 Å². The average molecular weight is 449 g/mol. The minimum Gasteiger partial charge on any atom is -0.490 e. The quantitative estimate of drug-likeness (QED) is 0.592. The van der Waals surface area contributed by atoms with Crippen molar-refractivity contribution in [1.82, 2.24) is 9.62 Å². The smallest absolute Gasteiger partial charge is 0.253 e. The van der Waals surface area contributed by atoms with E-state index < -0.39 is 22.1 Å². The van der Waals surface area contributed by atoms with Gasteiger partial charge in [0.15, 0.2) is 11.3 Å². The van der Waals surface area contributed by atoms with E-state index in [2.05, 4.69) is 5.32 Å². The molecule has 1 aromatic carbocycles.